The molecule has 0 N–H and O–H groups in total. The van der Waals surface area contributed by atoms with E-state index in [1.54, 1.807) is 4.68 Å². The Morgan fingerprint density at radius 1 is 1.22 bits per heavy atom. The largest absolute Gasteiger partial charge is 0.498 e. The van der Waals surface area contributed by atoms with Gasteiger partial charge in [-0.15, -0.1) is 0 Å². The fraction of sp³-hybridized carbons (Fsp3) is 0.500. The van der Waals surface area contributed by atoms with Gasteiger partial charge in [0.1, 0.15) is 5.82 Å². The highest BCUT2D eigenvalue weighted by molar-refractivity contribution is 6.62. The lowest BCUT2D eigenvalue weighted by molar-refractivity contribution is 0.00578. The van der Waals surface area contributed by atoms with Gasteiger partial charge in [-0.2, -0.15) is 5.10 Å². The minimum Gasteiger partial charge on any atom is -0.399 e. The number of halogens is 1. The van der Waals surface area contributed by atoms with Gasteiger partial charge < -0.3 is 9.31 Å². The zero-order valence-corrected chi connectivity index (χ0v) is 14.1. The van der Waals surface area contributed by atoms with E-state index in [-0.39, 0.29) is 5.82 Å². The highest BCUT2D eigenvalue weighted by atomic mass is 19.1. The minimum absolute atomic E-state index is 0.301. The zero-order chi connectivity index (χ0) is 16.8. The molecule has 3 rings (SSSR count). The van der Waals surface area contributed by atoms with E-state index in [9.17, 15) is 4.39 Å². The van der Waals surface area contributed by atoms with Crippen molar-refractivity contribution in [1.29, 1.82) is 0 Å². The highest BCUT2D eigenvalue weighted by Crippen LogP contribution is 2.36. The maximum Gasteiger partial charge on any atom is 0.498 e. The summed E-state index contributed by atoms with van der Waals surface area (Å²) >= 11 is 0. The summed E-state index contributed by atoms with van der Waals surface area (Å²) < 4.78 is 27.1. The number of rotatable bonds is 3. The highest BCUT2D eigenvalue weighted by Gasteiger charge is 2.52. The molecule has 0 amide bonds. The Morgan fingerprint density at radius 3 is 2.48 bits per heavy atom. The van der Waals surface area contributed by atoms with Crippen LogP contribution in [0.15, 0.2) is 24.5 Å². The average Bonchev–Trinajstić information content (AvgIpc) is 2.87. The molecule has 2 aromatic heterocycles. The van der Waals surface area contributed by atoms with E-state index in [1.165, 1.54) is 18.3 Å². The molecule has 1 fully saturated rings. The van der Waals surface area contributed by atoms with Crippen LogP contribution in [0.2, 0.25) is 0 Å². The maximum atomic E-state index is 13.3. The zero-order valence-electron chi connectivity index (χ0n) is 14.1. The summed E-state index contributed by atoms with van der Waals surface area (Å²) in [6, 6.07) is 2.74. The van der Waals surface area contributed by atoms with E-state index in [2.05, 4.69) is 10.1 Å². The molecule has 3 heterocycles. The SMILES string of the molecule is Cc1nn(Cc2cc(F)ccn2)cc1B1OC(C)(C)C(C)(C)O1. The first-order valence-electron chi connectivity index (χ1n) is 7.68. The van der Waals surface area contributed by atoms with Gasteiger partial charge in [-0.3, -0.25) is 9.67 Å². The predicted molar refractivity (Wildman–Crippen MR) is 86.0 cm³/mol. The summed E-state index contributed by atoms with van der Waals surface area (Å²) in [7, 11) is -0.450. The van der Waals surface area contributed by atoms with Gasteiger partial charge in [-0.1, -0.05) is 0 Å². The summed E-state index contributed by atoms with van der Waals surface area (Å²) in [4.78, 5) is 4.15. The number of hydrogen-bond acceptors (Lipinski definition) is 4. The Bertz CT molecular complexity index is 714. The monoisotopic (exact) mass is 317 g/mol. The van der Waals surface area contributed by atoms with Gasteiger partial charge in [-0.05, 0) is 46.8 Å². The first-order valence-corrected chi connectivity index (χ1v) is 7.68. The molecule has 122 valence electrons. The van der Waals surface area contributed by atoms with Crippen molar-refractivity contribution in [3.8, 4) is 0 Å². The molecule has 1 saturated heterocycles. The van der Waals surface area contributed by atoms with Crippen molar-refractivity contribution in [3.05, 3.63) is 41.7 Å². The molecule has 5 nitrogen and oxygen atoms in total. The fourth-order valence-electron chi connectivity index (χ4n) is 2.52. The second-order valence-corrected chi connectivity index (χ2v) is 6.92. The molecular formula is C16H21BFN3O2. The molecule has 0 aromatic carbocycles. The first kappa shape index (κ1) is 16.1. The predicted octanol–water partition coefficient (Wildman–Crippen LogP) is 2.07. The molecule has 2 aromatic rings. The van der Waals surface area contributed by atoms with Gasteiger partial charge >= 0.3 is 7.12 Å². The van der Waals surface area contributed by atoms with Crippen LogP contribution in [0.5, 0.6) is 0 Å². The molecule has 0 aliphatic carbocycles. The van der Waals surface area contributed by atoms with Crippen LogP contribution in [0.25, 0.3) is 0 Å². The normalized spacial score (nSPS) is 19.3. The summed E-state index contributed by atoms with van der Waals surface area (Å²) in [6.07, 6.45) is 3.33. The number of aryl methyl sites for hydroxylation is 1. The Labute approximate surface area is 136 Å². The number of hydrogen-bond donors (Lipinski definition) is 0. The first-order chi connectivity index (χ1) is 10.7. The summed E-state index contributed by atoms with van der Waals surface area (Å²) in [5.74, 6) is -0.301. The molecule has 7 heteroatoms. The van der Waals surface area contributed by atoms with Crippen molar-refractivity contribution in [3.63, 3.8) is 0 Å². The number of pyridine rings is 1. The third-order valence-electron chi connectivity index (χ3n) is 4.59. The van der Waals surface area contributed by atoms with Crippen molar-refractivity contribution in [2.45, 2.75) is 52.4 Å². The van der Waals surface area contributed by atoms with Crippen LogP contribution >= 0.6 is 0 Å². The molecule has 0 bridgehead atoms. The minimum atomic E-state index is -0.450. The third kappa shape index (κ3) is 3.03. The number of aromatic nitrogens is 3. The standard InChI is InChI=1S/C16H21BFN3O2/c1-11-14(17-22-15(2,3)16(4,5)23-17)10-21(20-11)9-13-8-12(18)6-7-19-13/h6-8,10H,9H2,1-5H3. The van der Waals surface area contributed by atoms with Crippen LogP contribution in [-0.4, -0.2) is 33.1 Å². The van der Waals surface area contributed by atoms with E-state index in [0.717, 1.165) is 11.2 Å². The van der Waals surface area contributed by atoms with Crippen molar-refractivity contribution in [2.24, 2.45) is 0 Å². The van der Waals surface area contributed by atoms with Crippen LogP contribution in [0.1, 0.15) is 39.1 Å². The molecule has 0 spiro atoms. The van der Waals surface area contributed by atoms with Gasteiger partial charge in [0.2, 0.25) is 0 Å². The molecule has 0 atom stereocenters. The number of nitrogens with zero attached hydrogens (tertiary/aromatic N) is 3. The van der Waals surface area contributed by atoms with E-state index in [0.29, 0.717) is 12.2 Å². The van der Waals surface area contributed by atoms with Gasteiger partial charge in [0.05, 0.1) is 29.1 Å². The molecule has 0 unspecified atom stereocenters. The van der Waals surface area contributed by atoms with Gasteiger partial charge in [0.25, 0.3) is 0 Å². The van der Waals surface area contributed by atoms with Crippen molar-refractivity contribution in [1.82, 2.24) is 14.8 Å². The molecular weight excluding hydrogens is 296 g/mol. The fourth-order valence-corrected chi connectivity index (χ4v) is 2.52. The summed E-state index contributed by atoms with van der Waals surface area (Å²) in [6.45, 7) is 10.4. The van der Waals surface area contributed by atoms with Crippen molar-refractivity contribution >= 4 is 12.6 Å². The Balaban J connectivity index is 1.82. The average molecular weight is 317 g/mol. The lowest BCUT2D eigenvalue weighted by atomic mass is 9.79. The van der Waals surface area contributed by atoms with E-state index < -0.39 is 18.3 Å². The van der Waals surface area contributed by atoms with Crippen LogP contribution < -0.4 is 5.46 Å². The van der Waals surface area contributed by atoms with E-state index >= 15 is 0 Å². The summed E-state index contributed by atoms with van der Waals surface area (Å²) in [5, 5.41) is 4.47. The molecule has 1 aliphatic heterocycles. The van der Waals surface area contributed by atoms with Crippen molar-refractivity contribution < 1.29 is 13.7 Å². The second kappa shape index (κ2) is 5.42. The third-order valence-corrected chi connectivity index (χ3v) is 4.59. The molecule has 23 heavy (non-hydrogen) atoms. The quantitative estimate of drug-likeness (QED) is 0.813. The van der Waals surface area contributed by atoms with Crippen LogP contribution in [0, 0.1) is 12.7 Å². The van der Waals surface area contributed by atoms with Crippen LogP contribution in [0.3, 0.4) is 0 Å². The van der Waals surface area contributed by atoms with E-state index in [1.807, 2.05) is 40.8 Å². The Kier molecular flexibility index (Phi) is 3.81. The second-order valence-electron chi connectivity index (χ2n) is 6.92. The topological polar surface area (TPSA) is 49.2 Å². The van der Waals surface area contributed by atoms with Gasteiger partial charge in [0.15, 0.2) is 0 Å². The van der Waals surface area contributed by atoms with Gasteiger partial charge in [-0.25, -0.2) is 4.39 Å². The Morgan fingerprint density at radius 2 is 1.87 bits per heavy atom. The Hall–Kier alpha value is -1.73. The molecule has 0 radical (unpaired) electrons. The lowest BCUT2D eigenvalue weighted by Gasteiger charge is -2.32. The van der Waals surface area contributed by atoms with E-state index in [4.69, 9.17) is 9.31 Å². The molecule has 1 aliphatic rings. The summed E-state index contributed by atoms with van der Waals surface area (Å²) in [5.41, 5.74) is 1.56. The van der Waals surface area contributed by atoms with Crippen LogP contribution in [-0.2, 0) is 15.9 Å². The maximum absolute atomic E-state index is 13.3. The lowest BCUT2D eigenvalue weighted by Crippen LogP contribution is -2.41. The smallest absolute Gasteiger partial charge is 0.399 e. The van der Waals surface area contributed by atoms with Crippen molar-refractivity contribution in [2.75, 3.05) is 0 Å². The van der Waals surface area contributed by atoms with Gasteiger partial charge in [0, 0.05) is 17.9 Å². The molecule has 0 saturated carbocycles. The van der Waals surface area contributed by atoms with Crippen LogP contribution in [0.4, 0.5) is 4.39 Å².